The van der Waals surface area contributed by atoms with E-state index < -0.39 is 0 Å². The standard InChI is InChI=1S/C11H19N3S/c1-9(10-12-5-7-15-10)14-6-4-13-11(2,3)8-14/h5,7,9,13H,4,6,8H2,1-3H3. The van der Waals surface area contributed by atoms with Gasteiger partial charge in [-0.05, 0) is 20.8 Å². The lowest BCUT2D eigenvalue weighted by molar-refractivity contribution is 0.116. The van der Waals surface area contributed by atoms with Crippen LogP contribution < -0.4 is 5.32 Å². The Bertz CT molecular complexity index is 308. The van der Waals surface area contributed by atoms with Gasteiger partial charge in [-0.1, -0.05) is 0 Å². The number of thiazole rings is 1. The van der Waals surface area contributed by atoms with Crippen molar-refractivity contribution in [2.45, 2.75) is 32.4 Å². The summed E-state index contributed by atoms with van der Waals surface area (Å²) in [5.74, 6) is 0. The van der Waals surface area contributed by atoms with Gasteiger partial charge in [0.15, 0.2) is 0 Å². The van der Waals surface area contributed by atoms with Gasteiger partial charge in [0.2, 0.25) is 0 Å². The third-order valence-corrected chi connectivity index (χ3v) is 3.90. The largest absolute Gasteiger partial charge is 0.309 e. The average Bonchev–Trinajstić information content (AvgIpc) is 2.67. The smallest absolute Gasteiger partial charge is 0.109 e. The molecule has 1 aliphatic rings. The quantitative estimate of drug-likeness (QED) is 0.833. The van der Waals surface area contributed by atoms with Gasteiger partial charge in [-0.15, -0.1) is 11.3 Å². The SMILES string of the molecule is CC(c1nccs1)N1CCNC(C)(C)C1. The second-order valence-electron chi connectivity index (χ2n) is 4.83. The van der Waals surface area contributed by atoms with Crippen molar-refractivity contribution in [1.29, 1.82) is 0 Å². The Labute approximate surface area is 95.5 Å². The first-order chi connectivity index (χ1) is 7.08. The molecular weight excluding hydrogens is 206 g/mol. The molecule has 1 atom stereocenters. The van der Waals surface area contributed by atoms with Crippen LogP contribution in [-0.4, -0.2) is 35.1 Å². The highest BCUT2D eigenvalue weighted by Gasteiger charge is 2.29. The summed E-state index contributed by atoms with van der Waals surface area (Å²) in [5, 5.41) is 6.81. The van der Waals surface area contributed by atoms with Crippen LogP contribution in [0.2, 0.25) is 0 Å². The minimum Gasteiger partial charge on any atom is -0.309 e. The number of hydrogen-bond donors (Lipinski definition) is 1. The predicted octanol–water partition coefficient (Wildman–Crippen LogP) is 1.89. The first kappa shape index (κ1) is 11.0. The molecule has 15 heavy (non-hydrogen) atoms. The summed E-state index contributed by atoms with van der Waals surface area (Å²) in [7, 11) is 0. The van der Waals surface area contributed by atoms with Crippen LogP contribution in [0.5, 0.6) is 0 Å². The minimum absolute atomic E-state index is 0.226. The fourth-order valence-electron chi connectivity index (χ4n) is 2.11. The van der Waals surface area contributed by atoms with E-state index in [9.17, 15) is 0 Å². The van der Waals surface area contributed by atoms with E-state index in [1.807, 2.05) is 6.20 Å². The lowest BCUT2D eigenvalue weighted by Crippen LogP contribution is -2.57. The van der Waals surface area contributed by atoms with Crippen LogP contribution in [0.4, 0.5) is 0 Å². The van der Waals surface area contributed by atoms with Crippen molar-refractivity contribution in [3.05, 3.63) is 16.6 Å². The highest BCUT2D eigenvalue weighted by Crippen LogP contribution is 2.25. The highest BCUT2D eigenvalue weighted by atomic mass is 32.1. The number of nitrogens with zero attached hydrogens (tertiary/aromatic N) is 2. The van der Waals surface area contributed by atoms with Crippen molar-refractivity contribution in [2.24, 2.45) is 0 Å². The van der Waals surface area contributed by atoms with Gasteiger partial charge < -0.3 is 5.32 Å². The Kier molecular flexibility index (Phi) is 3.09. The molecule has 1 saturated heterocycles. The van der Waals surface area contributed by atoms with Gasteiger partial charge in [0.1, 0.15) is 5.01 Å². The maximum atomic E-state index is 4.40. The third-order valence-electron chi connectivity index (χ3n) is 2.96. The topological polar surface area (TPSA) is 28.2 Å². The molecule has 0 saturated carbocycles. The van der Waals surface area contributed by atoms with Crippen LogP contribution in [-0.2, 0) is 0 Å². The van der Waals surface area contributed by atoms with E-state index in [4.69, 9.17) is 0 Å². The summed E-state index contributed by atoms with van der Waals surface area (Å²) >= 11 is 1.75. The van der Waals surface area contributed by atoms with Gasteiger partial charge in [-0.25, -0.2) is 4.98 Å². The lowest BCUT2D eigenvalue weighted by Gasteiger charge is -2.41. The molecule has 1 fully saturated rings. The van der Waals surface area contributed by atoms with Crippen LogP contribution >= 0.6 is 11.3 Å². The van der Waals surface area contributed by atoms with Crippen LogP contribution in [0.1, 0.15) is 31.8 Å². The van der Waals surface area contributed by atoms with Crippen LogP contribution in [0.3, 0.4) is 0 Å². The molecule has 0 bridgehead atoms. The molecule has 0 radical (unpaired) electrons. The minimum atomic E-state index is 0.226. The van der Waals surface area contributed by atoms with E-state index in [2.05, 4.69) is 41.4 Å². The zero-order valence-electron chi connectivity index (χ0n) is 9.66. The molecule has 1 aliphatic heterocycles. The van der Waals surface area contributed by atoms with E-state index >= 15 is 0 Å². The van der Waals surface area contributed by atoms with Crippen LogP contribution in [0.15, 0.2) is 11.6 Å². The first-order valence-electron chi connectivity index (χ1n) is 5.47. The van der Waals surface area contributed by atoms with Crippen molar-refractivity contribution in [3.63, 3.8) is 0 Å². The van der Waals surface area contributed by atoms with Gasteiger partial charge >= 0.3 is 0 Å². The molecule has 0 spiro atoms. The van der Waals surface area contributed by atoms with E-state index in [0.29, 0.717) is 6.04 Å². The van der Waals surface area contributed by atoms with E-state index in [1.165, 1.54) is 5.01 Å². The van der Waals surface area contributed by atoms with E-state index in [-0.39, 0.29) is 5.54 Å². The number of nitrogens with one attached hydrogen (secondary N) is 1. The van der Waals surface area contributed by atoms with Crippen LogP contribution in [0, 0.1) is 0 Å². The molecule has 0 amide bonds. The lowest BCUT2D eigenvalue weighted by atomic mass is 10.0. The molecule has 1 unspecified atom stereocenters. The summed E-state index contributed by atoms with van der Waals surface area (Å²) in [6.07, 6.45) is 1.89. The second kappa shape index (κ2) is 4.20. The maximum Gasteiger partial charge on any atom is 0.109 e. The van der Waals surface area contributed by atoms with Crippen molar-refractivity contribution in [3.8, 4) is 0 Å². The summed E-state index contributed by atoms with van der Waals surface area (Å²) in [6.45, 7) is 10.0. The predicted molar refractivity (Wildman–Crippen MR) is 64.2 cm³/mol. The molecule has 2 rings (SSSR count). The van der Waals surface area contributed by atoms with Gasteiger partial charge in [-0.2, -0.15) is 0 Å². The Hall–Kier alpha value is -0.450. The average molecular weight is 225 g/mol. The summed E-state index contributed by atoms with van der Waals surface area (Å²) in [5.41, 5.74) is 0.226. The fourth-order valence-corrected chi connectivity index (χ4v) is 2.84. The number of rotatable bonds is 2. The highest BCUT2D eigenvalue weighted by molar-refractivity contribution is 7.09. The zero-order chi connectivity index (χ0) is 10.9. The van der Waals surface area contributed by atoms with Crippen molar-refractivity contribution in [2.75, 3.05) is 19.6 Å². The molecule has 1 aromatic heterocycles. The normalized spacial score (nSPS) is 23.9. The Morgan fingerprint density at radius 3 is 3.00 bits per heavy atom. The van der Waals surface area contributed by atoms with Gasteiger partial charge in [0, 0.05) is 36.8 Å². The monoisotopic (exact) mass is 225 g/mol. The third kappa shape index (κ3) is 2.56. The van der Waals surface area contributed by atoms with Gasteiger partial charge in [0.05, 0.1) is 6.04 Å². The number of aromatic nitrogens is 1. The molecular formula is C11H19N3S. The zero-order valence-corrected chi connectivity index (χ0v) is 10.5. The van der Waals surface area contributed by atoms with Crippen molar-refractivity contribution in [1.82, 2.24) is 15.2 Å². The Morgan fingerprint density at radius 1 is 1.60 bits per heavy atom. The molecule has 4 heteroatoms. The molecule has 3 nitrogen and oxygen atoms in total. The van der Waals surface area contributed by atoms with E-state index in [1.54, 1.807) is 11.3 Å². The Morgan fingerprint density at radius 2 is 2.40 bits per heavy atom. The van der Waals surface area contributed by atoms with Crippen molar-refractivity contribution < 1.29 is 0 Å². The summed E-state index contributed by atoms with van der Waals surface area (Å²) in [4.78, 5) is 6.90. The first-order valence-corrected chi connectivity index (χ1v) is 6.35. The molecule has 2 heterocycles. The van der Waals surface area contributed by atoms with Crippen LogP contribution in [0.25, 0.3) is 0 Å². The molecule has 1 aromatic rings. The maximum absolute atomic E-state index is 4.40. The number of piperazine rings is 1. The molecule has 0 aromatic carbocycles. The second-order valence-corrected chi connectivity index (χ2v) is 5.75. The van der Waals surface area contributed by atoms with E-state index in [0.717, 1.165) is 19.6 Å². The summed E-state index contributed by atoms with van der Waals surface area (Å²) in [6, 6.07) is 0.450. The Balaban J connectivity index is 2.04. The van der Waals surface area contributed by atoms with Gasteiger partial charge in [-0.3, -0.25) is 4.90 Å². The summed E-state index contributed by atoms with van der Waals surface area (Å²) < 4.78 is 0. The molecule has 0 aliphatic carbocycles. The van der Waals surface area contributed by atoms with Gasteiger partial charge in [0.25, 0.3) is 0 Å². The van der Waals surface area contributed by atoms with Crippen molar-refractivity contribution >= 4 is 11.3 Å². The molecule has 1 N–H and O–H groups in total. The fraction of sp³-hybridized carbons (Fsp3) is 0.727. The molecule has 84 valence electrons. The number of hydrogen-bond acceptors (Lipinski definition) is 4.